The predicted octanol–water partition coefficient (Wildman–Crippen LogP) is 3.29. The summed E-state index contributed by atoms with van der Waals surface area (Å²) >= 11 is 0. The van der Waals surface area contributed by atoms with Gasteiger partial charge in [0.1, 0.15) is 17.5 Å². The first-order chi connectivity index (χ1) is 9.02. The third kappa shape index (κ3) is 3.84. The molecule has 0 heterocycles. The van der Waals surface area contributed by atoms with E-state index in [0.717, 1.165) is 18.2 Å². The van der Waals surface area contributed by atoms with Gasteiger partial charge >= 0.3 is 0 Å². The number of rotatable bonds is 3. The number of hydrogen-bond acceptors (Lipinski definition) is 1. The number of hydrogen-bond donors (Lipinski definition) is 1. The van der Waals surface area contributed by atoms with E-state index in [-0.39, 0.29) is 12.1 Å². The Hall–Kier alpha value is -2.30. The predicted molar refractivity (Wildman–Crippen MR) is 65.1 cm³/mol. The fourth-order valence-electron chi connectivity index (χ4n) is 1.62. The Morgan fingerprint density at radius 3 is 2.05 bits per heavy atom. The Balaban J connectivity index is 2.03. The standard InChI is InChI=1S/C14H10F3NO/c15-10-3-1-9(2-4-10)5-14(19)18-13-7-11(16)6-12(17)8-13/h1-4,6-8H,5H2,(H,18,19). The van der Waals surface area contributed by atoms with Crippen LogP contribution in [-0.4, -0.2) is 5.91 Å². The Morgan fingerprint density at radius 1 is 0.895 bits per heavy atom. The highest BCUT2D eigenvalue weighted by Crippen LogP contribution is 2.13. The van der Waals surface area contributed by atoms with Gasteiger partial charge in [0, 0.05) is 11.8 Å². The fourth-order valence-corrected chi connectivity index (χ4v) is 1.62. The molecule has 0 aromatic heterocycles. The topological polar surface area (TPSA) is 29.1 Å². The van der Waals surface area contributed by atoms with E-state index in [1.54, 1.807) is 0 Å². The lowest BCUT2D eigenvalue weighted by Crippen LogP contribution is -2.14. The van der Waals surface area contributed by atoms with Gasteiger partial charge in [-0.15, -0.1) is 0 Å². The maximum Gasteiger partial charge on any atom is 0.228 e. The highest BCUT2D eigenvalue weighted by molar-refractivity contribution is 5.92. The highest BCUT2D eigenvalue weighted by atomic mass is 19.1. The molecule has 0 bridgehead atoms. The third-order valence-corrected chi connectivity index (χ3v) is 2.42. The lowest BCUT2D eigenvalue weighted by molar-refractivity contribution is -0.115. The van der Waals surface area contributed by atoms with E-state index >= 15 is 0 Å². The maximum atomic E-state index is 12.9. The van der Waals surface area contributed by atoms with Crippen molar-refractivity contribution >= 4 is 11.6 Å². The first-order valence-corrected chi connectivity index (χ1v) is 5.53. The molecule has 0 aliphatic heterocycles. The smallest absolute Gasteiger partial charge is 0.228 e. The Morgan fingerprint density at radius 2 is 1.47 bits per heavy atom. The van der Waals surface area contributed by atoms with Crippen LogP contribution in [0.15, 0.2) is 42.5 Å². The van der Waals surface area contributed by atoms with Crippen LogP contribution in [0.2, 0.25) is 0 Å². The van der Waals surface area contributed by atoms with E-state index in [4.69, 9.17) is 0 Å². The molecule has 2 rings (SSSR count). The van der Waals surface area contributed by atoms with Crippen LogP contribution in [0.25, 0.3) is 0 Å². The monoisotopic (exact) mass is 265 g/mol. The zero-order valence-electron chi connectivity index (χ0n) is 9.79. The normalized spacial score (nSPS) is 10.3. The summed E-state index contributed by atoms with van der Waals surface area (Å²) in [6.07, 6.45) is -0.00158. The average molecular weight is 265 g/mol. The minimum atomic E-state index is -0.767. The molecule has 0 saturated carbocycles. The number of anilines is 1. The molecule has 98 valence electrons. The van der Waals surface area contributed by atoms with E-state index in [9.17, 15) is 18.0 Å². The van der Waals surface area contributed by atoms with E-state index < -0.39 is 23.4 Å². The van der Waals surface area contributed by atoms with Crippen LogP contribution in [0.1, 0.15) is 5.56 Å². The first kappa shape index (κ1) is 13.1. The van der Waals surface area contributed by atoms with Gasteiger partial charge in [-0.05, 0) is 29.8 Å². The van der Waals surface area contributed by atoms with Crippen molar-refractivity contribution in [3.63, 3.8) is 0 Å². The van der Waals surface area contributed by atoms with Crippen molar-refractivity contribution in [1.29, 1.82) is 0 Å². The summed E-state index contributed by atoms with van der Waals surface area (Å²) < 4.78 is 38.5. The van der Waals surface area contributed by atoms with Crippen LogP contribution in [-0.2, 0) is 11.2 Å². The van der Waals surface area contributed by atoms with Crippen molar-refractivity contribution in [3.8, 4) is 0 Å². The summed E-state index contributed by atoms with van der Waals surface area (Å²) in [5, 5.41) is 2.37. The van der Waals surface area contributed by atoms with E-state index in [0.29, 0.717) is 5.56 Å². The summed E-state index contributed by atoms with van der Waals surface area (Å²) in [6.45, 7) is 0. The molecule has 5 heteroatoms. The van der Waals surface area contributed by atoms with Crippen molar-refractivity contribution in [2.45, 2.75) is 6.42 Å². The highest BCUT2D eigenvalue weighted by Gasteiger charge is 2.06. The van der Waals surface area contributed by atoms with Crippen molar-refractivity contribution in [3.05, 3.63) is 65.5 Å². The Bertz CT molecular complexity index is 576. The van der Waals surface area contributed by atoms with E-state index in [1.807, 2.05) is 0 Å². The van der Waals surface area contributed by atoms with Crippen LogP contribution in [0.4, 0.5) is 18.9 Å². The molecular weight excluding hydrogens is 255 g/mol. The summed E-state index contributed by atoms with van der Waals surface area (Å²) in [7, 11) is 0. The minimum absolute atomic E-state index is 0.00158. The molecule has 0 radical (unpaired) electrons. The number of benzene rings is 2. The second-order valence-corrected chi connectivity index (χ2v) is 4.01. The van der Waals surface area contributed by atoms with Crippen LogP contribution < -0.4 is 5.32 Å². The molecular formula is C14H10F3NO. The lowest BCUT2D eigenvalue weighted by Gasteiger charge is -2.05. The molecule has 0 saturated heterocycles. The van der Waals surface area contributed by atoms with Crippen molar-refractivity contribution in [2.24, 2.45) is 0 Å². The Kier molecular flexibility index (Phi) is 3.85. The average Bonchev–Trinajstić information content (AvgIpc) is 2.30. The van der Waals surface area contributed by atoms with Gasteiger partial charge in [-0.2, -0.15) is 0 Å². The van der Waals surface area contributed by atoms with Gasteiger partial charge in [0.25, 0.3) is 0 Å². The Labute approximate surface area is 107 Å². The van der Waals surface area contributed by atoms with Crippen molar-refractivity contribution < 1.29 is 18.0 Å². The van der Waals surface area contributed by atoms with Gasteiger partial charge in [0.15, 0.2) is 0 Å². The first-order valence-electron chi connectivity index (χ1n) is 5.53. The molecule has 1 N–H and O–H groups in total. The molecule has 1 amide bonds. The van der Waals surface area contributed by atoms with E-state index in [1.165, 1.54) is 24.3 Å². The molecule has 2 aromatic carbocycles. The molecule has 0 fully saturated rings. The lowest BCUT2D eigenvalue weighted by atomic mass is 10.1. The van der Waals surface area contributed by atoms with Crippen molar-refractivity contribution in [1.82, 2.24) is 0 Å². The van der Waals surface area contributed by atoms with Crippen LogP contribution in [0.5, 0.6) is 0 Å². The SMILES string of the molecule is O=C(Cc1ccc(F)cc1)Nc1cc(F)cc(F)c1. The van der Waals surface area contributed by atoms with Crippen LogP contribution >= 0.6 is 0 Å². The largest absolute Gasteiger partial charge is 0.326 e. The minimum Gasteiger partial charge on any atom is -0.326 e. The zero-order chi connectivity index (χ0) is 13.8. The van der Waals surface area contributed by atoms with Gasteiger partial charge in [0.05, 0.1) is 6.42 Å². The van der Waals surface area contributed by atoms with Gasteiger partial charge in [-0.1, -0.05) is 12.1 Å². The molecule has 0 unspecified atom stereocenters. The molecule has 0 spiro atoms. The zero-order valence-corrected chi connectivity index (χ0v) is 9.79. The number of halogens is 3. The number of carbonyl (C=O) groups is 1. The maximum absolute atomic E-state index is 12.9. The van der Waals surface area contributed by atoms with Crippen molar-refractivity contribution in [2.75, 3.05) is 5.32 Å². The van der Waals surface area contributed by atoms with Gasteiger partial charge < -0.3 is 5.32 Å². The van der Waals surface area contributed by atoms with Crippen LogP contribution in [0.3, 0.4) is 0 Å². The number of carbonyl (C=O) groups excluding carboxylic acids is 1. The van der Waals surface area contributed by atoms with Gasteiger partial charge in [-0.25, -0.2) is 13.2 Å². The molecule has 0 atom stereocenters. The molecule has 19 heavy (non-hydrogen) atoms. The summed E-state index contributed by atoms with van der Waals surface area (Å²) in [4.78, 5) is 11.6. The summed E-state index contributed by atoms with van der Waals surface area (Å²) in [5.74, 6) is -2.36. The third-order valence-electron chi connectivity index (χ3n) is 2.42. The van der Waals surface area contributed by atoms with Gasteiger partial charge in [-0.3, -0.25) is 4.79 Å². The summed E-state index contributed by atoms with van der Waals surface area (Å²) in [6, 6.07) is 8.18. The second-order valence-electron chi connectivity index (χ2n) is 4.01. The molecule has 0 aliphatic rings. The molecule has 0 aliphatic carbocycles. The quantitative estimate of drug-likeness (QED) is 0.906. The fraction of sp³-hybridized carbons (Fsp3) is 0.0714. The van der Waals surface area contributed by atoms with Gasteiger partial charge in [0.2, 0.25) is 5.91 Å². The second kappa shape index (κ2) is 5.56. The number of amides is 1. The van der Waals surface area contributed by atoms with Crippen LogP contribution in [0, 0.1) is 17.5 Å². The molecule has 2 aromatic rings. The van der Waals surface area contributed by atoms with E-state index in [2.05, 4.69) is 5.32 Å². The summed E-state index contributed by atoms with van der Waals surface area (Å²) in [5.41, 5.74) is 0.653. The molecule has 2 nitrogen and oxygen atoms in total. The number of nitrogens with one attached hydrogen (secondary N) is 1.